The minimum Gasteiger partial charge on any atom is -0.378 e. The molecule has 4 rings (SSSR count). The van der Waals surface area contributed by atoms with Crippen LogP contribution >= 0.6 is 0 Å². The maximum absolute atomic E-state index is 5.37. The van der Waals surface area contributed by atoms with Gasteiger partial charge in [0, 0.05) is 44.1 Å². The Morgan fingerprint density at radius 2 is 1.88 bits per heavy atom. The third-order valence-electron chi connectivity index (χ3n) is 4.54. The first kappa shape index (κ1) is 16.8. The van der Waals surface area contributed by atoms with Gasteiger partial charge in [-0.15, -0.1) is 0 Å². The zero-order valence-corrected chi connectivity index (χ0v) is 15.1. The van der Waals surface area contributed by atoms with Crippen molar-refractivity contribution in [2.45, 2.75) is 26.4 Å². The number of aryl methyl sites for hydroxylation is 1. The van der Waals surface area contributed by atoms with E-state index in [0.29, 0.717) is 6.54 Å². The van der Waals surface area contributed by atoms with Crippen LogP contribution in [0.15, 0.2) is 36.7 Å². The van der Waals surface area contributed by atoms with Gasteiger partial charge in [-0.3, -0.25) is 0 Å². The first-order chi connectivity index (χ1) is 12.8. The lowest BCUT2D eigenvalue weighted by Gasteiger charge is -2.26. The van der Waals surface area contributed by atoms with Gasteiger partial charge in [-0.2, -0.15) is 0 Å². The van der Waals surface area contributed by atoms with Crippen molar-refractivity contribution in [1.82, 2.24) is 19.5 Å². The van der Waals surface area contributed by atoms with E-state index < -0.39 is 0 Å². The lowest BCUT2D eigenvalue weighted by atomic mass is 10.3. The van der Waals surface area contributed by atoms with E-state index >= 15 is 0 Å². The molecule has 0 atom stereocenters. The quantitative estimate of drug-likeness (QED) is 0.736. The second-order valence-corrected chi connectivity index (χ2v) is 6.42. The molecule has 1 aliphatic heterocycles. The van der Waals surface area contributed by atoms with Gasteiger partial charge < -0.3 is 19.5 Å². The molecule has 0 saturated carbocycles. The Bertz CT molecular complexity index is 854. The molecule has 2 aromatic heterocycles. The fraction of sp³-hybridized carbons (Fsp3) is 0.421. The molecule has 3 aromatic rings. The van der Waals surface area contributed by atoms with E-state index in [0.717, 1.165) is 67.8 Å². The number of benzene rings is 1. The first-order valence-electron chi connectivity index (χ1n) is 9.18. The number of fused-ring (bicyclic) bond motifs is 1. The van der Waals surface area contributed by atoms with Crippen LogP contribution in [0.25, 0.3) is 11.0 Å². The summed E-state index contributed by atoms with van der Waals surface area (Å²) in [6.45, 7) is 6.93. The van der Waals surface area contributed by atoms with Gasteiger partial charge in [-0.1, -0.05) is 19.1 Å². The molecule has 0 bridgehead atoms. The lowest BCUT2D eigenvalue weighted by molar-refractivity contribution is 0.122. The monoisotopic (exact) mass is 352 g/mol. The summed E-state index contributed by atoms with van der Waals surface area (Å²) in [4.78, 5) is 15.9. The van der Waals surface area contributed by atoms with Gasteiger partial charge in [0.05, 0.1) is 24.2 Å². The molecular formula is C19H24N6O. The average Bonchev–Trinajstić information content (AvgIpc) is 3.05. The van der Waals surface area contributed by atoms with Crippen LogP contribution < -0.4 is 10.2 Å². The third kappa shape index (κ3) is 3.48. The van der Waals surface area contributed by atoms with Gasteiger partial charge in [0.1, 0.15) is 0 Å². The average molecular weight is 352 g/mol. The topological polar surface area (TPSA) is 68.1 Å². The van der Waals surface area contributed by atoms with Gasteiger partial charge in [0.15, 0.2) is 0 Å². The van der Waals surface area contributed by atoms with E-state index in [9.17, 15) is 0 Å². The van der Waals surface area contributed by atoms with Gasteiger partial charge in [-0.05, 0) is 18.6 Å². The number of anilines is 2. The fourth-order valence-electron chi connectivity index (χ4n) is 3.21. The molecule has 0 aliphatic carbocycles. The highest BCUT2D eigenvalue weighted by Gasteiger charge is 2.14. The minimum atomic E-state index is 0.649. The smallest absolute Gasteiger partial charge is 0.225 e. The molecule has 136 valence electrons. The van der Waals surface area contributed by atoms with E-state index in [-0.39, 0.29) is 0 Å². The lowest BCUT2D eigenvalue weighted by Crippen LogP contribution is -2.37. The van der Waals surface area contributed by atoms with Crippen molar-refractivity contribution in [3.8, 4) is 0 Å². The number of para-hydroxylation sites is 2. The van der Waals surface area contributed by atoms with Crippen LogP contribution in [0.1, 0.15) is 18.9 Å². The van der Waals surface area contributed by atoms with Crippen molar-refractivity contribution in [3.63, 3.8) is 0 Å². The molecule has 26 heavy (non-hydrogen) atoms. The zero-order valence-electron chi connectivity index (χ0n) is 15.1. The molecule has 0 spiro atoms. The van der Waals surface area contributed by atoms with Crippen LogP contribution in [0.5, 0.6) is 0 Å². The van der Waals surface area contributed by atoms with Crippen LogP contribution in [0, 0.1) is 0 Å². The molecule has 1 saturated heterocycles. The van der Waals surface area contributed by atoms with Gasteiger partial charge in [0.2, 0.25) is 11.9 Å². The van der Waals surface area contributed by atoms with Crippen molar-refractivity contribution in [2.24, 2.45) is 0 Å². The van der Waals surface area contributed by atoms with Crippen molar-refractivity contribution in [3.05, 3.63) is 42.2 Å². The van der Waals surface area contributed by atoms with Crippen LogP contribution in [0.4, 0.5) is 11.9 Å². The Labute approximate surface area is 153 Å². The number of hydrogen-bond donors (Lipinski definition) is 1. The number of imidazole rings is 1. The van der Waals surface area contributed by atoms with E-state index in [2.05, 4.69) is 43.8 Å². The molecule has 3 heterocycles. The van der Waals surface area contributed by atoms with E-state index in [1.54, 1.807) is 0 Å². The molecule has 1 fully saturated rings. The van der Waals surface area contributed by atoms with Crippen molar-refractivity contribution >= 4 is 22.9 Å². The molecule has 1 aliphatic rings. The summed E-state index contributed by atoms with van der Waals surface area (Å²) >= 11 is 0. The first-order valence-corrected chi connectivity index (χ1v) is 9.18. The highest BCUT2D eigenvalue weighted by atomic mass is 16.5. The summed E-state index contributed by atoms with van der Waals surface area (Å²) in [6.07, 6.45) is 4.83. The summed E-state index contributed by atoms with van der Waals surface area (Å²) in [5.74, 6) is 1.67. The molecule has 7 nitrogen and oxygen atoms in total. The van der Waals surface area contributed by atoms with Crippen LogP contribution in [-0.2, 0) is 17.8 Å². The van der Waals surface area contributed by atoms with Gasteiger partial charge in [0.25, 0.3) is 0 Å². The minimum absolute atomic E-state index is 0.649. The molecular weight excluding hydrogens is 328 g/mol. The summed E-state index contributed by atoms with van der Waals surface area (Å²) in [7, 11) is 0. The van der Waals surface area contributed by atoms with Crippen molar-refractivity contribution < 1.29 is 4.74 Å². The third-order valence-corrected chi connectivity index (χ3v) is 4.54. The highest BCUT2D eigenvalue weighted by Crippen LogP contribution is 2.20. The number of rotatable bonds is 6. The van der Waals surface area contributed by atoms with E-state index in [1.807, 2.05) is 24.5 Å². The second kappa shape index (κ2) is 7.70. The molecule has 0 radical (unpaired) electrons. The Hall–Kier alpha value is -2.67. The Morgan fingerprint density at radius 3 is 2.65 bits per heavy atom. The molecule has 7 heteroatoms. The summed E-state index contributed by atoms with van der Waals surface area (Å²) < 4.78 is 7.61. The van der Waals surface area contributed by atoms with Crippen molar-refractivity contribution in [2.75, 3.05) is 36.5 Å². The fourth-order valence-corrected chi connectivity index (χ4v) is 3.21. The summed E-state index contributed by atoms with van der Waals surface area (Å²) in [5.41, 5.74) is 3.22. The number of ether oxygens (including phenoxy) is 1. The summed E-state index contributed by atoms with van der Waals surface area (Å²) in [6, 6.07) is 8.24. The molecule has 0 amide bonds. The molecule has 1 aromatic carbocycles. The SMILES string of the molecule is CCCn1c(NCc2cnc(N3CCOCC3)nc2)nc2ccccc21. The van der Waals surface area contributed by atoms with Gasteiger partial charge in [-0.25, -0.2) is 15.0 Å². The van der Waals surface area contributed by atoms with E-state index in [1.165, 1.54) is 0 Å². The standard InChI is InChI=1S/C19H24N6O/c1-2-7-25-17-6-4-3-5-16(17)23-19(25)22-14-15-12-20-18(21-13-15)24-8-10-26-11-9-24/h3-6,12-13H,2,7-11,14H2,1H3,(H,22,23). The van der Waals surface area contributed by atoms with Gasteiger partial charge >= 0.3 is 0 Å². The Morgan fingerprint density at radius 1 is 1.12 bits per heavy atom. The maximum atomic E-state index is 5.37. The Balaban J connectivity index is 1.47. The highest BCUT2D eigenvalue weighted by molar-refractivity contribution is 5.78. The molecule has 1 N–H and O–H groups in total. The van der Waals surface area contributed by atoms with Crippen molar-refractivity contribution in [1.29, 1.82) is 0 Å². The number of aromatic nitrogens is 4. The number of nitrogens with one attached hydrogen (secondary N) is 1. The second-order valence-electron chi connectivity index (χ2n) is 6.42. The molecule has 0 unspecified atom stereocenters. The van der Waals surface area contributed by atoms with Crippen LogP contribution in [0.2, 0.25) is 0 Å². The van der Waals surface area contributed by atoms with Crippen LogP contribution in [-0.4, -0.2) is 45.8 Å². The van der Waals surface area contributed by atoms with Crippen LogP contribution in [0.3, 0.4) is 0 Å². The maximum Gasteiger partial charge on any atom is 0.225 e. The largest absolute Gasteiger partial charge is 0.378 e. The number of nitrogens with zero attached hydrogens (tertiary/aromatic N) is 5. The van der Waals surface area contributed by atoms with E-state index in [4.69, 9.17) is 9.72 Å². The predicted molar refractivity (Wildman–Crippen MR) is 102 cm³/mol. The number of morpholine rings is 1. The Kier molecular flexibility index (Phi) is 4.97. The number of hydrogen-bond acceptors (Lipinski definition) is 6. The predicted octanol–water partition coefficient (Wildman–Crippen LogP) is 2.69. The summed E-state index contributed by atoms with van der Waals surface area (Å²) in [5, 5.41) is 3.44. The zero-order chi connectivity index (χ0) is 17.8. The normalized spacial score (nSPS) is 14.7.